The Bertz CT molecular complexity index is 404. The molecule has 1 fully saturated rings. The molecule has 0 radical (unpaired) electrons. The van der Waals surface area contributed by atoms with Crippen molar-refractivity contribution in [2.75, 3.05) is 50.0 Å². The van der Waals surface area contributed by atoms with Crippen LogP contribution in [0.25, 0.3) is 0 Å². The predicted octanol–water partition coefficient (Wildman–Crippen LogP) is 2.39. The highest BCUT2D eigenvalue weighted by atomic mass is 15.2. The van der Waals surface area contributed by atoms with Crippen molar-refractivity contribution >= 4 is 11.6 Å². The molecule has 0 aliphatic carbocycles. The molecule has 0 saturated carbocycles. The Labute approximate surface area is 128 Å². The topological polar surface area (TPSA) is 44.3 Å². The minimum absolute atomic E-state index is 0.888. The zero-order valence-electron chi connectivity index (χ0n) is 13.7. The Balaban J connectivity index is 2.01. The molecule has 0 amide bonds. The number of aryl methyl sites for hydroxylation is 1. The van der Waals surface area contributed by atoms with Crippen LogP contribution in [0, 0.1) is 0 Å². The van der Waals surface area contributed by atoms with E-state index in [4.69, 9.17) is 4.98 Å². The molecule has 1 aromatic rings. The number of likely N-dealkylation sites (tertiary alicyclic amines) is 1. The van der Waals surface area contributed by atoms with Gasteiger partial charge in [0.2, 0.25) is 0 Å². The summed E-state index contributed by atoms with van der Waals surface area (Å²) in [4.78, 5) is 14.1. The van der Waals surface area contributed by atoms with Gasteiger partial charge in [0.15, 0.2) is 0 Å². The van der Waals surface area contributed by atoms with Gasteiger partial charge in [-0.15, -0.1) is 0 Å². The van der Waals surface area contributed by atoms with Crippen molar-refractivity contribution in [1.82, 2.24) is 14.9 Å². The summed E-state index contributed by atoms with van der Waals surface area (Å²) in [5.41, 5.74) is 0. The van der Waals surface area contributed by atoms with Crippen molar-refractivity contribution in [3.63, 3.8) is 0 Å². The molecule has 21 heavy (non-hydrogen) atoms. The molecule has 2 rings (SSSR count). The highest BCUT2D eigenvalue weighted by Crippen LogP contribution is 2.16. The molecule has 0 spiro atoms. The van der Waals surface area contributed by atoms with Gasteiger partial charge in [0.1, 0.15) is 17.5 Å². The van der Waals surface area contributed by atoms with Crippen LogP contribution < -0.4 is 10.2 Å². The van der Waals surface area contributed by atoms with Crippen LogP contribution in [0.5, 0.6) is 0 Å². The molecule has 118 valence electrons. The molecule has 1 aliphatic rings. The smallest absolute Gasteiger partial charge is 0.134 e. The number of nitrogens with zero attached hydrogens (tertiary/aromatic N) is 4. The predicted molar refractivity (Wildman–Crippen MR) is 89.1 cm³/mol. The SMILES string of the molecule is CCCc1nc(NCC)cc(N(C)CCN2CCCC2)n1. The lowest BCUT2D eigenvalue weighted by atomic mass is 10.3. The first kappa shape index (κ1) is 16.0. The lowest BCUT2D eigenvalue weighted by molar-refractivity contribution is 0.346. The third-order valence-corrected chi connectivity index (χ3v) is 3.93. The maximum Gasteiger partial charge on any atom is 0.134 e. The molecular weight excluding hydrogens is 262 g/mol. The second-order valence-electron chi connectivity index (χ2n) is 5.78. The van der Waals surface area contributed by atoms with Crippen LogP contribution in [0.2, 0.25) is 0 Å². The molecule has 0 atom stereocenters. The van der Waals surface area contributed by atoms with Gasteiger partial charge in [-0.05, 0) is 39.3 Å². The lowest BCUT2D eigenvalue weighted by Gasteiger charge is -2.23. The van der Waals surface area contributed by atoms with E-state index in [9.17, 15) is 0 Å². The second kappa shape index (κ2) is 8.17. The van der Waals surface area contributed by atoms with Crippen molar-refractivity contribution < 1.29 is 0 Å². The van der Waals surface area contributed by atoms with Gasteiger partial charge < -0.3 is 15.1 Å². The van der Waals surface area contributed by atoms with E-state index < -0.39 is 0 Å². The zero-order valence-corrected chi connectivity index (χ0v) is 13.7. The average Bonchev–Trinajstić information content (AvgIpc) is 2.98. The van der Waals surface area contributed by atoms with Crippen molar-refractivity contribution in [2.24, 2.45) is 0 Å². The zero-order chi connectivity index (χ0) is 15.1. The summed E-state index contributed by atoms with van der Waals surface area (Å²) in [5.74, 6) is 2.92. The van der Waals surface area contributed by atoms with E-state index in [1.165, 1.54) is 25.9 Å². The van der Waals surface area contributed by atoms with Gasteiger partial charge in [-0.2, -0.15) is 0 Å². The minimum atomic E-state index is 0.888. The quantitative estimate of drug-likeness (QED) is 0.797. The van der Waals surface area contributed by atoms with Crippen LogP contribution in [-0.2, 0) is 6.42 Å². The van der Waals surface area contributed by atoms with E-state index in [-0.39, 0.29) is 0 Å². The molecule has 5 nitrogen and oxygen atoms in total. The van der Waals surface area contributed by atoms with Crippen molar-refractivity contribution in [1.29, 1.82) is 0 Å². The molecule has 0 unspecified atom stereocenters. The number of nitrogens with one attached hydrogen (secondary N) is 1. The number of aromatic nitrogens is 2. The molecule has 1 saturated heterocycles. The van der Waals surface area contributed by atoms with Gasteiger partial charge in [0, 0.05) is 39.2 Å². The molecule has 0 bridgehead atoms. The van der Waals surface area contributed by atoms with E-state index in [1.54, 1.807) is 0 Å². The first-order valence-electron chi connectivity index (χ1n) is 8.28. The van der Waals surface area contributed by atoms with Crippen LogP contribution in [0.3, 0.4) is 0 Å². The number of anilines is 2. The Morgan fingerprint density at radius 1 is 1.24 bits per heavy atom. The van der Waals surface area contributed by atoms with Gasteiger partial charge in [0.25, 0.3) is 0 Å². The fourth-order valence-corrected chi connectivity index (χ4v) is 2.70. The maximum atomic E-state index is 4.71. The molecule has 1 N–H and O–H groups in total. The largest absolute Gasteiger partial charge is 0.370 e. The van der Waals surface area contributed by atoms with Crippen molar-refractivity contribution in [3.05, 3.63) is 11.9 Å². The van der Waals surface area contributed by atoms with Crippen LogP contribution in [-0.4, -0.2) is 54.6 Å². The Morgan fingerprint density at radius 3 is 2.67 bits per heavy atom. The molecular formula is C16H29N5. The highest BCUT2D eigenvalue weighted by molar-refractivity contribution is 5.49. The monoisotopic (exact) mass is 291 g/mol. The van der Waals surface area contributed by atoms with E-state index in [2.05, 4.69) is 47.1 Å². The fraction of sp³-hybridized carbons (Fsp3) is 0.750. The van der Waals surface area contributed by atoms with Crippen LogP contribution in [0.1, 0.15) is 38.9 Å². The van der Waals surface area contributed by atoms with Gasteiger partial charge in [0.05, 0.1) is 0 Å². The van der Waals surface area contributed by atoms with Crippen molar-refractivity contribution in [2.45, 2.75) is 39.5 Å². The third kappa shape index (κ3) is 4.84. The van der Waals surface area contributed by atoms with Crippen LogP contribution in [0.15, 0.2) is 6.07 Å². The molecule has 2 heterocycles. The van der Waals surface area contributed by atoms with Crippen LogP contribution in [0.4, 0.5) is 11.6 Å². The van der Waals surface area contributed by atoms with Gasteiger partial charge >= 0.3 is 0 Å². The summed E-state index contributed by atoms with van der Waals surface area (Å²) in [6.45, 7) is 9.80. The van der Waals surface area contributed by atoms with E-state index in [0.717, 1.165) is 49.9 Å². The average molecular weight is 291 g/mol. The Hall–Kier alpha value is -1.36. The molecule has 1 aromatic heterocycles. The molecule has 0 aromatic carbocycles. The first-order valence-corrected chi connectivity index (χ1v) is 8.28. The summed E-state index contributed by atoms with van der Waals surface area (Å²) in [6.07, 6.45) is 4.71. The van der Waals surface area contributed by atoms with Gasteiger partial charge in [-0.3, -0.25) is 0 Å². The number of rotatable bonds is 8. The number of hydrogen-bond acceptors (Lipinski definition) is 5. The van der Waals surface area contributed by atoms with Gasteiger partial charge in [-0.1, -0.05) is 6.92 Å². The Kier molecular flexibility index (Phi) is 6.23. The number of hydrogen-bond donors (Lipinski definition) is 1. The van der Waals surface area contributed by atoms with Crippen molar-refractivity contribution in [3.8, 4) is 0 Å². The van der Waals surface area contributed by atoms with E-state index in [1.807, 2.05) is 0 Å². The summed E-state index contributed by atoms with van der Waals surface area (Å²) in [5, 5.41) is 3.31. The Morgan fingerprint density at radius 2 is 2.00 bits per heavy atom. The first-order chi connectivity index (χ1) is 10.2. The summed E-state index contributed by atoms with van der Waals surface area (Å²) >= 11 is 0. The third-order valence-electron chi connectivity index (χ3n) is 3.93. The molecule has 1 aliphatic heterocycles. The van der Waals surface area contributed by atoms with Gasteiger partial charge in [-0.25, -0.2) is 9.97 Å². The normalized spacial score (nSPS) is 15.4. The molecule has 5 heteroatoms. The second-order valence-corrected chi connectivity index (χ2v) is 5.78. The number of likely N-dealkylation sites (N-methyl/N-ethyl adjacent to an activating group) is 1. The van der Waals surface area contributed by atoms with E-state index >= 15 is 0 Å². The minimum Gasteiger partial charge on any atom is -0.370 e. The maximum absolute atomic E-state index is 4.71. The summed E-state index contributed by atoms with van der Waals surface area (Å²) in [7, 11) is 2.13. The summed E-state index contributed by atoms with van der Waals surface area (Å²) in [6, 6.07) is 2.06. The standard InChI is InChI=1S/C16H29N5/c1-4-8-14-18-15(17-5-2)13-16(19-14)20(3)11-12-21-9-6-7-10-21/h13H,4-12H2,1-3H3,(H,17,18,19). The lowest BCUT2D eigenvalue weighted by Crippen LogP contribution is -2.32. The van der Waals surface area contributed by atoms with E-state index in [0.29, 0.717) is 0 Å². The fourth-order valence-electron chi connectivity index (χ4n) is 2.70. The van der Waals surface area contributed by atoms with Crippen LogP contribution >= 0.6 is 0 Å². The summed E-state index contributed by atoms with van der Waals surface area (Å²) < 4.78 is 0. The highest BCUT2D eigenvalue weighted by Gasteiger charge is 2.13.